The Labute approximate surface area is 253 Å². The Kier molecular flexibility index (Phi) is 10.1. The maximum absolute atomic E-state index is 16.3. The number of para-hydroxylation sites is 2. The minimum Gasteiger partial charge on any atom is -0.575 e. The normalized spacial score (nSPS) is 24.6. The van der Waals surface area contributed by atoms with Crippen LogP contribution >= 0.6 is 8.17 Å². The first kappa shape index (κ1) is 33.1. The van der Waals surface area contributed by atoms with Crippen LogP contribution in [0.4, 0.5) is 9.18 Å². The Morgan fingerprint density at radius 3 is 2.50 bits per heavy atom. The largest absolute Gasteiger partial charge is 0.575 e. The van der Waals surface area contributed by atoms with Crippen LogP contribution in [0, 0.1) is 0 Å². The van der Waals surface area contributed by atoms with Gasteiger partial charge in [0.2, 0.25) is 5.75 Å². The number of hydrogen-bond acceptors (Lipinski definition) is 12. The van der Waals surface area contributed by atoms with Crippen LogP contribution in [0.5, 0.6) is 11.5 Å². The summed E-state index contributed by atoms with van der Waals surface area (Å²) in [5, 5.41) is 0. The van der Waals surface area contributed by atoms with Crippen LogP contribution in [-0.2, 0) is 23.7 Å². The number of hydrogen-bond donors (Lipinski definition) is 1. The molecule has 1 aliphatic heterocycles. The van der Waals surface area contributed by atoms with Crippen LogP contribution in [0.15, 0.2) is 50.9 Å². The average molecular weight is 640 g/mol. The number of carbonyl (C=O) groups is 2. The molecule has 2 aromatic rings. The summed E-state index contributed by atoms with van der Waals surface area (Å²) in [6.07, 6.45) is -2.29. The highest BCUT2D eigenvalue weighted by molar-refractivity contribution is 7.34. The van der Waals surface area contributed by atoms with Crippen LogP contribution in [0.3, 0.4) is 0 Å². The van der Waals surface area contributed by atoms with Gasteiger partial charge in [0.15, 0.2) is 29.8 Å². The molecule has 0 amide bonds. The van der Waals surface area contributed by atoms with E-state index in [2.05, 4.69) is 4.74 Å². The topological polar surface area (TPSA) is 180 Å². The Hall–Kier alpha value is -3.81. The molecule has 6 atom stereocenters. The van der Waals surface area contributed by atoms with E-state index in [1.54, 1.807) is 32.9 Å². The van der Waals surface area contributed by atoms with Crippen molar-refractivity contribution in [1.82, 2.24) is 9.55 Å². The van der Waals surface area contributed by atoms with Crippen molar-refractivity contribution in [1.29, 1.82) is 0 Å². The second-order valence-electron chi connectivity index (χ2n) is 11.6. The molecule has 16 heteroatoms. The fraction of sp³-hybridized carbons (Fsp3) is 0.571. The summed E-state index contributed by atoms with van der Waals surface area (Å²) in [6, 6.07) is 6.09. The molecule has 44 heavy (non-hydrogen) atoms. The molecule has 2 heterocycles. The van der Waals surface area contributed by atoms with E-state index in [0.717, 1.165) is 43.0 Å². The van der Waals surface area contributed by atoms with Crippen molar-refractivity contribution in [2.24, 2.45) is 4.74 Å². The fourth-order valence-corrected chi connectivity index (χ4v) is 5.13. The molecule has 1 aromatic carbocycles. The van der Waals surface area contributed by atoms with Crippen molar-refractivity contribution in [3.8, 4) is 11.5 Å². The summed E-state index contributed by atoms with van der Waals surface area (Å²) in [4.78, 5) is 63.5. The number of nitrogens with zero attached hydrogens (tertiary/aromatic N) is 2. The first-order valence-electron chi connectivity index (χ1n) is 14.0. The molecule has 2 fully saturated rings. The molecular formula is C28H35FN3O11P. The van der Waals surface area contributed by atoms with Gasteiger partial charge >= 0.3 is 26.0 Å². The molecule has 240 valence electrons. The third-order valence-electron chi connectivity index (χ3n) is 6.77. The van der Waals surface area contributed by atoms with Gasteiger partial charge in [0.25, 0.3) is 5.56 Å². The van der Waals surface area contributed by atoms with Gasteiger partial charge in [0, 0.05) is 12.3 Å². The van der Waals surface area contributed by atoms with Gasteiger partial charge in [-0.15, -0.1) is 0 Å². The van der Waals surface area contributed by atoms with E-state index >= 15 is 4.39 Å². The summed E-state index contributed by atoms with van der Waals surface area (Å²) >= 11 is 0. The predicted molar refractivity (Wildman–Crippen MR) is 151 cm³/mol. The summed E-state index contributed by atoms with van der Waals surface area (Å²) < 4.78 is 54.0. The molecule has 1 N–H and O–H groups in total. The molecule has 2 aliphatic rings. The zero-order valence-electron chi connectivity index (χ0n) is 24.9. The highest BCUT2D eigenvalue weighted by Gasteiger charge is 2.59. The fourth-order valence-electron chi connectivity index (χ4n) is 4.38. The number of aromatic nitrogens is 2. The van der Waals surface area contributed by atoms with Crippen LogP contribution in [0.2, 0.25) is 0 Å². The zero-order chi connectivity index (χ0) is 32.2. The zero-order valence-corrected chi connectivity index (χ0v) is 25.8. The summed E-state index contributed by atoms with van der Waals surface area (Å²) in [7, 11) is -2.72. The molecule has 14 nitrogen and oxygen atoms in total. The monoisotopic (exact) mass is 639 g/mol. The third kappa shape index (κ3) is 8.21. The molecule has 0 bridgehead atoms. The summed E-state index contributed by atoms with van der Waals surface area (Å²) in [5.41, 5.74) is -5.10. The number of nitrogens with one attached hydrogen (secondary N) is 1. The number of esters is 1. The van der Waals surface area contributed by atoms with Crippen LogP contribution in [-0.4, -0.2) is 63.9 Å². The third-order valence-corrected chi connectivity index (χ3v) is 7.66. The summed E-state index contributed by atoms with van der Waals surface area (Å²) in [6.45, 7) is 6.89. The molecular weight excluding hydrogens is 604 g/mol. The molecule has 1 aliphatic carbocycles. The van der Waals surface area contributed by atoms with Crippen molar-refractivity contribution in [3.63, 3.8) is 0 Å². The van der Waals surface area contributed by atoms with Crippen molar-refractivity contribution in [2.45, 2.75) is 95.7 Å². The van der Waals surface area contributed by atoms with Gasteiger partial charge in [-0.1, -0.05) is 16.9 Å². The highest BCUT2D eigenvalue weighted by atomic mass is 31.1. The number of benzene rings is 1. The molecule has 1 unspecified atom stereocenters. The van der Waals surface area contributed by atoms with Gasteiger partial charge in [-0.05, 0) is 66.0 Å². The first-order valence-corrected chi connectivity index (χ1v) is 15.1. The second kappa shape index (κ2) is 13.4. The lowest BCUT2D eigenvalue weighted by Crippen LogP contribution is -2.46. The van der Waals surface area contributed by atoms with Crippen molar-refractivity contribution < 1.29 is 47.1 Å². The summed E-state index contributed by atoms with van der Waals surface area (Å²) in [5.74, 6) is -0.553. The van der Waals surface area contributed by atoms with E-state index < -0.39 is 73.9 Å². The maximum Gasteiger partial charge on any atom is 0.509 e. The Balaban J connectivity index is 1.52. The van der Waals surface area contributed by atoms with Gasteiger partial charge in [-0.2, -0.15) is 0 Å². The highest BCUT2D eigenvalue weighted by Crippen LogP contribution is 2.43. The first-order chi connectivity index (χ1) is 20.6. The quantitative estimate of drug-likeness (QED) is 0.298. The number of alkyl halides is 1. The number of H-pyrrole nitrogens is 1. The van der Waals surface area contributed by atoms with Crippen LogP contribution < -0.4 is 25.4 Å². The molecule has 0 spiro atoms. The Morgan fingerprint density at radius 2 is 1.89 bits per heavy atom. The molecule has 1 saturated heterocycles. The number of halogens is 1. The van der Waals surface area contributed by atoms with Crippen molar-refractivity contribution >= 4 is 20.3 Å². The van der Waals surface area contributed by atoms with Gasteiger partial charge in [-0.25, -0.2) is 18.8 Å². The van der Waals surface area contributed by atoms with Crippen LogP contribution in [0.1, 0.15) is 60.1 Å². The SMILES string of the molecule is C[C@H](N=[P+]([O-])Oc1ccccc1OC[C@H]1O[C@@H](n2ccc(=O)[nH]c2=O)[C@](C)(F)[C@@H]1OC(=O)OC(C)(C)C)C(=O)OC1CCC1. The number of rotatable bonds is 10. The number of aromatic amines is 1. The van der Waals surface area contributed by atoms with Gasteiger partial charge in [0.05, 0.1) is 0 Å². The molecule has 1 aromatic heterocycles. The van der Waals surface area contributed by atoms with Crippen LogP contribution in [0.25, 0.3) is 0 Å². The Morgan fingerprint density at radius 1 is 1.20 bits per heavy atom. The van der Waals surface area contributed by atoms with Crippen molar-refractivity contribution in [3.05, 3.63) is 57.4 Å². The van der Waals surface area contributed by atoms with E-state index in [1.165, 1.54) is 19.1 Å². The van der Waals surface area contributed by atoms with Gasteiger partial charge in [0.1, 0.15) is 24.4 Å². The Bertz CT molecular complexity index is 1500. The molecule has 1 saturated carbocycles. The maximum atomic E-state index is 16.3. The average Bonchev–Trinajstić information content (AvgIpc) is 3.13. The smallest absolute Gasteiger partial charge is 0.509 e. The van der Waals surface area contributed by atoms with Gasteiger partial charge in [-0.3, -0.25) is 18.9 Å². The molecule has 0 radical (unpaired) electrons. The number of carbonyl (C=O) groups excluding carboxylic acids is 2. The van der Waals surface area contributed by atoms with E-state index in [0.29, 0.717) is 0 Å². The van der Waals surface area contributed by atoms with E-state index in [9.17, 15) is 24.1 Å². The van der Waals surface area contributed by atoms with E-state index in [4.69, 9.17) is 28.2 Å². The lowest BCUT2D eigenvalue weighted by molar-refractivity contribution is -0.170. The molecule has 4 rings (SSSR count). The lowest BCUT2D eigenvalue weighted by atomic mass is 9.96. The minimum atomic E-state index is -2.72. The van der Waals surface area contributed by atoms with Gasteiger partial charge < -0.3 is 28.6 Å². The van der Waals surface area contributed by atoms with E-state index in [1.807, 2.05) is 4.98 Å². The number of ether oxygens (including phenoxy) is 5. The van der Waals surface area contributed by atoms with Crippen molar-refractivity contribution in [2.75, 3.05) is 6.61 Å². The predicted octanol–water partition coefficient (Wildman–Crippen LogP) is 3.28. The standard InChI is InChI=1S/C28H35FN3O11P/c1-16(23(34)39-17-9-8-10-17)31-44(37)43-19-12-7-6-11-18(19)38-15-20-22(41-26(36)42-27(2,3)4)28(5,29)24(40-20)32-14-13-21(33)30-25(32)35/h6-7,11-14,16-17,20,22,24H,8-10,15H2,1-5H3,(H,30,33,35)/t16-,20+,22+,24+,28+/m0/s1. The minimum absolute atomic E-state index is 0.00376. The second-order valence-corrected chi connectivity index (χ2v) is 12.5. The lowest BCUT2D eigenvalue weighted by Gasteiger charge is -2.28. The van der Waals surface area contributed by atoms with E-state index in [-0.39, 0.29) is 17.6 Å².